The van der Waals surface area contributed by atoms with Crippen molar-refractivity contribution >= 4 is 23.4 Å². The van der Waals surface area contributed by atoms with Gasteiger partial charge in [0.15, 0.2) is 0 Å². The first-order chi connectivity index (χ1) is 15.0. The summed E-state index contributed by atoms with van der Waals surface area (Å²) < 4.78 is 0. The topological polar surface area (TPSA) is 49.4 Å². The molecule has 0 saturated heterocycles. The summed E-state index contributed by atoms with van der Waals surface area (Å²) in [6.45, 7) is 2.36. The number of hydrogen-bond acceptors (Lipinski definition) is 2. The molecular weight excluding hydrogens is 408 g/mol. The third-order valence-corrected chi connectivity index (χ3v) is 6.54. The van der Waals surface area contributed by atoms with Gasteiger partial charge in [0.2, 0.25) is 11.8 Å². The Morgan fingerprint density at radius 2 is 1.68 bits per heavy atom. The van der Waals surface area contributed by atoms with E-state index in [2.05, 4.69) is 17.4 Å². The van der Waals surface area contributed by atoms with Gasteiger partial charge in [-0.15, -0.1) is 0 Å². The molecule has 31 heavy (non-hydrogen) atoms. The third kappa shape index (κ3) is 7.10. The van der Waals surface area contributed by atoms with Crippen molar-refractivity contribution in [3.05, 3.63) is 70.7 Å². The normalized spacial score (nSPS) is 15.3. The summed E-state index contributed by atoms with van der Waals surface area (Å²) in [7, 11) is 0. The van der Waals surface area contributed by atoms with E-state index in [0.717, 1.165) is 43.2 Å². The molecule has 0 aliphatic heterocycles. The van der Waals surface area contributed by atoms with Gasteiger partial charge in [-0.3, -0.25) is 9.59 Å². The number of benzene rings is 2. The quantitative estimate of drug-likeness (QED) is 0.583. The van der Waals surface area contributed by atoms with Gasteiger partial charge < -0.3 is 10.2 Å². The van der Waals surface area contributed by atoms with Crippen LogP contribution in [0.25, 0.3) is 0 Å². The summed E-state index contributed by atoms with van der Waals surface area (Å²) >= 11 is 6.26. The second-order valence-corrected chi connectivity index (χ2v) is 8.84. The number of carbonyl (C=O) groups is 2. The van der Waals surface area contributed by atoms with E-state index in [-0.39, 0.29) is 17.9 Å². The molecule has 2 aromatic rings. The molecule has 0 spiro atoms. The highest BCUT2D eigenvalue weighted by Gasteiger charge is 2.27. The number of aryl methyl sites for hydroxylation is 1. The molecule has 1 saturated carbocycles. The Labute approximate surface area is 191 Å². The molecule has 1 fully saturated rings. The van der Waals surface area contributed by atoms with Crippen LogP contribution >= 0.6 is 11.6 Å². The fraction of sp³-hybridized carbons (Fsp3) is 0.462. The zero-order valence-corrected chi connectivity index (χ0v) is 19.1. The highest BCUT2D eigenvalue weighted by Crippen LogP contribution is 2.19. The molecule has 166 valence electrons. The van der Waals surface area contributed by atoms with E-state index < -0.39 is 6.04 Å². The molecule has 1 atom stereocenters. The molecule has 1 aliphatic rings. The fourth-order valence-corrected chi connectivity index (χ4v) is 4.46. The van der Waals surface area contributed by atoms with Gasteiger partial charge in [0.05, 0.1) is 0 Å². The van der Waals surface area contributed by atoms with Crippen molar-refractivity contribution in [2.75, 3.05) is 6.54 Å². The van der Waals surface area contributed by atoms with Crippen LogP contribution in [0.15, 0.2) is 54.6 Å². The molecule has 0 radical (unpaired) electrons. The molecule has 1 N–H and O–H groups in total. The van der Waals surface area contributed by atoms with Gasteiger partial charge in [0, 0.05) is 24.0 Å². The molecule has 0 aromatic heterocycles. The third-order valence-electron chi connectivity index (χ3n) is 6.17. The second kappa shape index (κ2) is 11.9. The number of amides is 2. The summed E-state index contributed by atoms with van der Waals surface area (Å²) in [6.07, 6.45) is 7.25. The summed E-state index contributed by atoms with van der Waals surface area (Å²) in [5, 5.41) is 3.86. The Morgan fingerprint density at radius 3 is 2.39 bits per heavy atom. The highest BCUT2D eigenvalue weighted by atomic mass is 35.5. The van der Waals surface area contributed by atoms with Gasteiger partial charge >= 0.3 is 0 Å². The van der Waals surface area contributed by atoms with Gasteiger partial charge in [-0.2, -0.15) is 0 Å². The Hall–Kier alpha value is -2.33. The second-order valence-electron chi connectivity index (χ2n) is 8.43. The van der Waals surface area contributed by atoms with E-state index in [1.165, 1.54) is 6.42 Å². The van der Waals surface area contributed by atoms with E-state index in [1.807, 2.05) is 49.4 Å². The number of hydrogen-bond donors (Lipinski definition) is 1. The van der Waals surface area contributed by atoms with Gasteiger partial charge in [0.25, 0.3) is 0 Å². The number of halogens is 1. The molecule has 3 rings (SSSR count). The molecule has 5 heteroatoms. The lowest BCUT2D eigenvalue weighted by Crippen LogP contribution is -2.51. The Morgan fingerprint density at radius 1 is 1.00 bits per heavy atom. The largest absolute Gasteiger partial charge is 0.352 e. The summed E-state index contributed by atoms with van der Waals surface area (Å²) in [5.74, 6) is -0.0619. The molecule has 0 heterocycles. The van der Waals surface area contributed by atoms with Crippen LogP contribution in [0.3, 0.4) is 0 Å². The Balaban J connectivity index is 1.65. The lowest BCUT2D eigenvalue weighted by atomic mass is 9.95. The van der Waals surface area contributed by atoms with Gasteiger partial charge in [-0.1, -0.05) is 79.4 Å². The van der Waals surface area contributed by atoms with E-state index in [9.17, 15) is 9.59 Å². The number of carbonyl (C=O) groups excluding carboxylic acids is 2. The lowest BCUT2D eigenvalue weighted by molar-refractivity contribution is -0.140. The minimum atomic E-state index is -0.496. The summed E-state index contributed by atoms with van der Waals surface area (Å²) in [4.78, 5) is 27.9. The van der Waals surface area contributed by atoms with Crippen molar-refractivity contribution in [2.45, 2.75) is 70.4 Å². The van der Waals surface area contributed by atoms with Crippen LogP contribution < -0.4 is 5.32 Å². The van der Waals surface area contributed by atoms with Crippen LogP contribution in [-0.4, -0.2) is 35.3 Å². The summed E-state index contributed by atoms with van der Waals surface area (Å²) in [6, 6.07) is 17.4. The summed E-state index contributed by atoms with van der Waals surface area (Å²) in [5.41, 5.74) is 2.12. The zero-order valence-electron chi connectivity index (χ0n) is 18.4. The maximum atomic E-state index is 13.2. The highest BCUT2D eigenvalue weighted by molar-refractivity contribution is 6.31. The van der Waals surface area contributed by atoms with Crippen LogP contribution in [0, 0.1) is 0 Å². The first-order valence-corrected chi connectivity index (χ1v) is 11.8. The minimum Gasteiger partial charge on any atom is -0.352 e. The van der Waals surface area contributed by atoms with Crippen LogP contribution in [-0.2, 0) is 22.4 Å². The minimum absolute atomic E-state index is 0.0119. The standard InChI is InChI=1S/C26H33ClN2O2/c1-20(26(31)28-23-13-6-3-7-14-23)29(19-18-21-10-4-2-5-11-21)25(30)17-16-22-12-8-9-15-24(22)27/h2,4-5,8-12,15,20,23H,3,6-7,13-14,16-19H2,1H3,(H,28,31). The van der Waals surface area contributed by atoms with Crippen molar-refractivity contribution in [1.29, 1.82) is 0 Å². The lowest BCUT2D eigenvalue weighted by Gasteiger charge is -2.31. The predicted octanol–water partition coefficient (Wildman–Crippen LogP) is 5.18. The molecule has 1 unspecified atom stereocenters. The van der Waals surface area contributed by atoms with E-state index in [0.29, 0.717) is 24.4 Å². The molecule has 2 amide bonds. The van der Waals surface area contributed by atoms with Gasteiger partial charge in [0.1, 0.15) is 6.04 Å². The maximum absolute atomic E-state index is 13.2. The molecule has 2 aromatic carbocycles. The van der Waals surface area contributed by atoms with E-state index in [1.54, 1.807) is 4.90 Å². The van der Waals surface area contributed by atoms with Crippen LogP contribution in [0.4, 0.5) is 0 Å². The van der Waals surface area contributed by atoms with Gasteiger partial charge in [-0.05, 0) is 49.8 Å². The zero-order chi connectivity index (χ0) is 22.1. The number of nitrogens with one attached hydrogen (secondary N) is 1. The molecule has 0 bridgehead atoms. The van der Waals surface area contributed by atoms with Crippen LogP contribution in [0.2, 0.25) is 5.02 Å². The number of nitrogens with zero attached hydrogens (tertiary/aromatic N) is 1. The van der Waals surface area contributed by atoms with E-state index >= 15 is 0 Å². The fourth-order valence-electron chi connectivity index (χ4n) is 4.23. The first kappa shape index (κ1) is 23.3. The van der Waals surface area contributed by atoms with E-state index in [4.69, 9.17) is 11.6 Å². The smallest absolute Gasteiger partial charge is 0.242 e. The molecular formula is C26H33ClN2O2. The van der Waals surface area contributed by atoms with Crippen molar-refractivity contribution < 1.29 is 9.59 Å². The van der Waals surface area contributed by atoms with Crippen molar-refractivity contribution in [3.63, 3.8) is 0 Å². The van der Waals surface area contributed by atoms with Crippen LogP contribution in [0.5, 0.6) is 0 Å². The van der Waals surface area contributed by atoms with Crippen LogP contribution in [0.1, 0.15) is 56.6 Å². The van der Waals surface area contributed by atoms with Crippen molar-refractivity contribution in [3.8, 4) is 0 Å². The monoisotopic (exact) mass is 440 g/mol. The Bertz CT molecular complexity index is 849. The SMILES string of the molecule is CC(C(=O)NC1CCCCC1)N(CCc1ccccc1)C(=O)CCc1ccccc1Cl. The first-order valence-electron chi connectivity index (χ1n) is 11.4. The van der Waals surface area contributed by atoms with Crippen molar-refractivity contribution in [1.82, 2.24) is 10.2 Å². The molecule has 4 nitrogen and oxygen atoms in total. The number of rotatable bonds is 9. The Kier molecular flexibility index (Phi) is 8.96. The maximum Gasteiger partial charge on any atom is 0.242 e. The average molecular weight is 441 g/mol. The van der Waals surface area contributed by atoms with Crippen molar-refractivity contribution in [2.24, 2.45) is 0 Å². The van der Waals surface area contributed by atoms with Gasteiger partial charge in [-0.25, -0.2) is 0 Å². The predicted molar refractivity (Wildman–Crippen MR) is 126 cm³/mol. The average Bonchev–Trinajstić information content (AvgIpc) is 2.80. The molecule has 1 aliphatic carbocycles.